The average Bonchev–Trinajstić information content (AvgIpc) is 2.37. The minimum Gasteiger partial charge on any atom is -0.381 e. The maximum absolute atomic E-state index is 11.6. The zero-order valence-electron chi connectivity index (χ0n) is 13.5. The normalized spacial score (nSPS) is 20.0. The van der Waals surface area contributed by atoms with Crippen LogP contribution in [0.3, 0.4) is 0 Å². The molecule has 0 aromatic carbocycles. The van der Waals surface area contributed by atoms with Gasteiger partial charge < -0.3 is 10.1 Å². The van der Waals surface area contributed by atoms with E-state index < -0.39 is 9.84 Å². The van der Waals surface area contributed by atoms with Gasteiger partial charge in [0.05, 0.1) is 5.75 Å². The summed E-state index contributed by atoms with van der Waals surface area (Å²) in [7, 11) is -2.84. The van der Waals surface area contributed by atoms with Crippen molar-refractivity contribution in [3.05, 3.63) is 0 Å². The Bertz CT molecular complexity index is 378. The molecule has 1 fully saturated rings. The predicted octanol–water partition coefficient (Wildman–Crippen LogP) is 2.39. The van der Waals surface area contributed by atoms with E-state index in [0.29, 0.717) is 5.75 Å². The number of hydrogen-bond acceptors (Lipinski definition) is 4. The van der Waals surface area contributed by atoms with Gasteiger partial charge in [-0.1, -0.05) is 6.92 Å². The molecule has 0 saturated carbocycles. The summed E-state index contributed by atoms with van der Waals surface area (Å²) in [5, 5.41) is 3.59. The summed E-state index contributed by atoms with van der Waals surface area (Å²) in [4.78, 5) is 0. The molecule has 1 rings (SSSR count). The monoisotopic (exact) mass is 305 g/mol. The highest BCUT2D eigenvalue weighted by Gasteiger charge is 2.33. The van der Waals surface area contributed by atoms with Gasteiger partial charge in [-0.2, -0.15) is 0 Å². The fraction of sp³-hybridized carbons (Fsp3) is 1.00. The molecule has 1 saturated heterocycles. The van der Waals surface area contributed by atoms with Crippen molar-refractivity contribution in [3.63, 3.8) is 0 Å². The average molecular weight is 305 g/mol. The van der Waals surface area contributed by atoms with Gasteiger partial charge in [-0.05, 0) is 51.9 Å². The number of nitrogens with one attached hydrogen (secondary N) is 1. The first-order chi connectivity index (χ1) is 9.18. The zero-order chi connectivity index (χ0) is 15.3. The van der Waals surface area contributed by atoms with Crippen LogP contribution in [0.1, 0.15) is 53.4 Å². The van der Waals surface area contributed by atoms with Gasteiger partial charge in [0.1, 0.15) is 9.84 Å². The summed E-state index contributed by atoms with van der Waals surface area (Å²) >= 11 is 0. The molecule has 0 amide bonds. The summed E-state index contributed by atoms with van der Waals surface area (Å²) in [6.07, 6.45) is 3.80. The van der Waals surface area contributed by atoms with E-state index in [9.17, 15) is 8.42 Å². The van der Waals surface area contributed by atoms with Gasteiger partial charge in [-0.15, -0.1) is 0 Å². The molecule has 0 spiro atoms. The Hall–Kier alpha value is -0.130. The summed E-state index contributed by atoms with van der Waals surface area (Å²) < 4.78 is 28.7. The molecule has 0 unspecified atom stereocenters. The largest absolute Gasteiger partial charge is 0.381 e. The second-order valence-corrected chi connectivity index (χ2v) is 9.53. The second-order valence-electron chi connectivity index (χ2n) is 7.06. The summed E-state index contributed by atoms with van der Waals surface area (Å²) in [5.74, 6) is 0.574. The van der Waals surface area contributed by atoms with Crippen molar-refractivity contribution < 1.29 is 13.2 Å². The Balaban J connectivity index is 2.55. The van der Waals surface area contributed by atoms with E-state index in [4.69, 9.17) is 4.74 Å². The van der Waals surface area contributed by atoms with Gasteiger partial charge >= 0.3 is 0 Å². The zero-order valence-corrected chi connectivity index (χ0v) is 14.3. The first-order valence-electron chi connectivity index (χ1n) is 7.71. The molecule has 5 heteroatoms. The topological polar surface area (TPSA) is 55.4 Å². The van der Waals surface area contributed by atoms with Crippen molar-refractivity contribution in [1.82, 2.24) is 5.32 Å². The Labute approximate surface area is 124 Å². The van der Waals surface area contributed by atoms with Crippen molar-refractivity contribution in [2.45, 2.75) is 58.9 Å². The Morgan fingerprint density at radius 3 is 2.30 bits per heavy atom. The van der Waals surface area contributed by atoms with Crippen molar-refractivity contribution in [1.29, 1.82) is 0 Å². The molecule has 0 atom stereocenters. The third-order valence-electron chi connectivity index (χ3n) is 4.15. The lowest BCUT2D eigenvalue weighted by Crippen LogP contribution is -2.46. The molecule has 0 bridgehead atoms. The highest BCUT2D eigenvalue weighted by atomic mass is 32.2. The molecular formula is C15H31NO3S. The van der Waals surface area contributed by atoms with Crippen LogP contribution in [0.4, 0.5) is 0 Å². The van der Waals surface area contributed by atoms with Gasteiger partial charge in [0.2, 0.25) is 0 Å². The van der Waals surface area contributed by atoms with Crippen LogP contribution in [-0.4, -0.2) is 45.2 Å². The smallest absolute Gasteiger partial charge is 0.150 e. The second kappa shape index (κ2) is 7.23. The number of ether oxygens (including phenoxy) is 1. The molecule has 1 heterocycles. The van der Waals surface area contributed by atoms with Crippen LogP contribution >= 0.6 is 0 Å². The fourth-order valence-electron chi connectivity index (χ4n) is 2.58. The number of hydrogen-bond donors (Lipinski definition) is 1. The lowest BCUT2D eigenvalue weighted by atomic mass is 9.76. The van der Waals surface area contributed by atoms with Gasteiger partial charge in [0.25, 0.3) is 0 Å². The van der Waals surface area contributed by atoms with Gasteiger partial charge in [0, 0.05) is 31.1 Å². The highest BCUT2D eigenvalue weighted by molar-refractivity contribution is 7.91. The van der Waals surface area contributed by atoms with Crippen molar-refractivity contribution in [2.75, 3.05) is 31.3 Å². The van der Waals surface area contributed by atoms with E-state index in [1.807, 2.05) is 0 Å². The molecule has 0 aliphatic carbocycles. The summed E-state index contributed by atoms with van der Waals surface area (Å²) in [6.45, 7) is 10.8. The molecule has 20 heavy (non-hydrogen) atoms. The maximum Gasteiger partial charge on any atom is 0.150 e. The van der Waals surface area contributed by atoms with Crippen LogP contribution < -0.4 is 5.32 Å². The SMILES string of the molecule is CCS(=O)(=O)CCCC1(CNC(C)(C)C)CCOCC1. The van der Waals surface area contributed by atoms with E-state index in [2.05, 4.69) is 26.1 Å². The molecule has 0 aromatic heterocycles. The Kier molecular flexibility index (Phi) is 6.48. The van der Waals surface area contributed by atoms with Crippen LogP contribution in [0.15, 0.2) is 0 Å². The lowest BCUT2D eigenvalue weighted by molar-refractivity contribution is 0.00735. The Morgan fingerprint density at radius 2 is 1.80 bits per heavy atom. The summed E-state index contributed by atoms with van der Waals surface area (Å²) in [5.41, 5.74) is 0.301. The molecule has 120 valence electrons. The van der Waals surface area contributed by atoms with Crippen LogP contribution in [0, 0.1) is 5.41 Å². The van der Waals surface area contributed by atoms with E-state index in [1.165, 1.54) is 0 Å². The van der Waals surface area contributed by atoms with Gasteiger partial charge in [0.15, 0.2) is 0 Å². The van der Waals surface area contributed by atoms with Crippen LogP contribution in [-0.2, 0) is 14.6 Å². The molecule has 4 nitrogen and oxygen atoms in total. The molecule has 1 N–H and O–H groups in total. The van der Waals surface area contributed by atoms with Crippen LogP contribution in [0.5, 0.6) is 0 Å². The van der Waals surface area contributed by atoms with Gasteiger partial charge in [-0.25, -0.2) is 8.42 Å². The number of rotatable bonds is 7. The standard InChI is InChI=1S/C15H31NO3S/c1-5-20(17,18)12-6-7-15(8-10-19-11-9-15)13-16-14(2,3)4/h16H,5-13H2,1-4H3. The van der Waals surface area contributed by atoms with E-state index in [1.54, 1.807) is 6.92 Å². The molecule has 1 aliphatic rings. The first kappa shape index (κ1) is 17.9. The molecule has 0 aromatic rings. The Morgan fingerprint density at radius 1 is 1.20 bits per heavy atom. The minimum atomic E-state index is -2.84. The maximum atomic E-state index is 11.6. The van der Waals surface area contributed by atoms with Gasteiger partial charge in [-0.3, -0.25) is 0 Å². The highest BCUT2D eigenvalue weighted by Crippen LogP contribution is 2.35. The molecule has 1 aliphatic heterocycles. The van der Waals surface area contributed by atoms with E-state index in [-0.39, 0.29) is 16.7 Å². The third kappa shape index (κ3) is 6.55. The first-order valence-corrected chi connectivity index (χ1v) is 9.53. The van der Waals surface area contributed by atoms with Crippen molar-refractivity contribution in [2.24, 2.45) is 5.41 Å². The quantitative estimate of drug-likeness (QED) is 0.784. The van der Waals surface area contributed by atoms with E-state index in [0.717, 1.165) is 45.4 Å². The fourth-order valence-corrected chi connectivity index (χ4v) is 3.46. The third-order valence-corrected chi connectivity index (χ3v) is 5.94. The predicted molar refractivity (Wildman–Crippen MR) is 83.8 cm³/mol. The minimum absolute atomic E-state index is 0.0980. The van der Waals surface area contributed by atoms with Crippen molar-refractivity contribution in [3.8, 4) is 0 Å². The molecular weight excluding hydrogens is 274 g/mol. The number of sulfone groups is 1. The summed E-state index contributed by atoms with van der Waals surface area (Å²) in [6, 6.07) is 0. The lowest BCUT2D eigenvalue weighted by Gasteiger charge is -2.39. The molecule has 0 radical (unpaired) electrons. The van der Waals surface area contributed by atoms with Crippen LogP contribution in [0.25, 0.3) is 0 Å². The van der Waals surface area contributed by atoms with Crippen molar-refractivity contribution >= 4 is 9.84 Å². The van der Waals surface area contributed by atoms with E-state index >= 15 is 0 Å². The van der Waals surface area contributed by atoms with Crippen LogP contribution in [0.2, 0.25) is 0 Å².